The highest BCUT2D eigenvalue weighted by atomic mass is 16.6. The fourth-order valence-electron chi connectivity index (χ4n) is 1.88. The molecule has 0 aliphatic heterocycles. The summed E-state index contributed by atoms with van der Waals surface area (Å²) in [5, 5.41) is 5.55. The average Bonchev–Trinajstić information content (AvgIpc) is 2.38. The Balaban J connectivity index is 2.49. The second kappa shape index (κ2) is 7.82. The van der Waals surface area contributed by atoms with Gasteiger partial charge in [0, 0.05) is 18.2 Å². The zero-order valence-corrected chi connectivity index (χ0v) is 14.0. The summed E-state index contributed by atoms with van der Waals surface area (Å²) in [6, 6.07) is 7.93. The highest BCUT2D eigenvalue weighted by molar-refractivity contribution is 5.92. The molecule has 0 fully saturated rings. The fraction of sp³-hybridized carbons (Fsp3) is 0.529. The van der Waals surface area contributed by atoms with Gasteiger partial charge in [-0.1, -0.05) is 24.6 Å². The molecule has 0 saturated carbocycles. The number of hydrogen-bond donors (Lipinski definition) is 2. The number of imide groups is 1. The third kappa shape index (κ3) is 7.11. The first-order valence-corrected chi connectivity index (χ1v) is 7.55. The van der Waals surface area contributed by atoms with Crippen molar-refractivity contribution in [3.63, 3.8) is 0 Å². The van der Waals surface area contributed by atoms with Crippen molar-refractivity contribution < 1.29 is 14.3 Å². The van der Waals surface area contributed by atoms with Crippen molar-refractivity contribution in [3.8, 4) is 0 Å². The van der Waals surface area contributed by atoms with Gasteiger partial charge in [-0.3, -0.25) is 10.1 Å². The second-order valence-electron chi connectivity index (χ2n) is 6.37. The topological polar surface area (TPSA) is 67.4 Å². The fourth-order valence-corrected chi connectivity index (χ4v) is 1.88. The number of carbonyl (C=O) groups excluding carboxylic acids is 2. The van der Waals surface area contributed by atoms with Crippen LogP contribution in [0.3, 0.4) is 0 Å². The average molecular weight is 306 g/mol. The van der Waals surface area contributed by atoms with E-state index in [4.69, 9.17) is 4.74 Å². The molecule has 1 rings (SSSR count). The van der Waals surface area contributed by atoms with E-state index in [1.165, 1.54) is 5.56 Å². The molecule has 1 aromatic carbocycles. The lowest BCUT2D eigenvalue weighted by Gasteiger charge is -2.21. The Kier molecular flexibility index (Phi) is 6.40. The Bertz CT molecular complexity index is 504. The molecular formula is C17H26N2O3. The van der Waals surface area contributed by atoms with E-state index in [-0.39, 0.29) is 18.4 Å². The Morgan fingerprint density at radius 2 is 1.77 bits per heavy atom. The summed E-state index contributed by atoms with van der Waals surface area (Å²) in [6.45, 7) is 9.28. The smallest absolute Gasteiger partial charge is 0.414 e. The van der Waals surface area contributed by atoms with E-state index in [1.807, 2.05) is 38.1 Å². The molecule has 0 aromatic heterocycles. The molecule has 0 saturated heterocycles. The zero-order chi connectivity index (χ0) is 16.8. The summed E-state index contributed by atoms with van der Waals surface area (Å²) >= 11 is 0. The minimum Gasteiger partial charge on any atom is -0.444 e. The van der Waals surface area contributed by atoms with Crippen LogP contribution < -0.4 is 10.6 Å². The third-order valence-corrected chi connectivity index (χ3v) is 2.99. The maximum Gasteiger partial charge on any atom is 0.414 e. The molecule has 2 amide bonds. The van der Waals surface area contributed by atoms with Gasteiger partial charge in [-0.2, -0.15) is 0 Å². The normalized spacial score (nSPS) is 12.4. The van der Waals surface area contributed by atoms with E-state index < -0.39 is 11.7 Å². The summed E-state index contributed by atoms with van der Waals surface area (Å²) in [5.74, 6) is -0.347. The van der Waals surface area contributed by atoms with Gasteiger partial charge in [0.15, 0.2) is 0 Å². The van der Waals surface area contributed by atoms with Gasteiger partial charge >= 0.3 is 6.09 Å². The van der Waals surface area contributed by atoms with Gasteiger partial charge < -0.3 is 10.1 Å². The number of hydrogen-bond acceptors (Lipinski definition) is 4. The molecule has 0 aliphatic carbocycles. The number of benzene rings is 1. The van der Waals surface area contributed by atoms with Crippen molar-refractivity contribution in [2.75, 3.05) is 5.32 Å². The highest BCUT2D eigenvalue weighted by Gasteiger charge is 2.19. The van der Waals surface area contributed by atoms with Gasteiger partial charge in [-0.25, -0.2) is 4.79 Å². The summed E-state index contributed by atoms with van der Waals surface area (Å²) in [7, 11) is 0. The minimum absolute atomic E-state index is 0.0369. The minimum atomic E-state index is -0.706. The van der Waals surface area contributed by atoms with Crippen LogP contribution in [-0.4, -0.2) is 23.6 Å². The summed E-state index contributed by atoms with van der Waals surface area (Å²) in [4.78, 5) is 23.5. The van der Waals surface area contributed by atoms with Crippen LogP contribution in [0.25, 0.3) is 0 Å². The molecule has 122 valence electrons. The summed E-state index contributed by atoms with van der Waals surface area (Å²) in [5.41, 5.74) is 1.53. The van der Waals surface area contributed by atoms with Crippen LogP contribution in [0.1, 0.15) is 46.1 Å². The van der Waals surface area contributed by atoms with E-state index in [0.29, 0.717) is 0 Å². The van der Waals surface area contributed by atoms with Gasteiger partial charge in [0.2, 0.25) is 5.91 Å². The number of rotatable bonds is 5. The van der Waals surface area contributed by atoms with Crippen LogP contribution in [0.5, 0.6) is 0 Å². The van der Waals surface area contributed by atoms with Gasteiger partial charge in [0.1, 0.15) is 5.60 Å². The Morgan fingerprint density at radius 3 is 2.27 bits per heavy atom. The van der Waals surface area contributed by atoms with Crippen LogP contribution in [0, 0.1) is 6.92 Å². The van der Waals surface area contributed by atoms with Crippen LogP contribution in [-0.2, 0) is 9.53 Å². The molecule has 1 atom stereocenters. The van der Waals surface area contributed by atoms with Gasteiger partial charge in [-0.05, 0) is 46.2 Å². The van der Waals surface area contributed by atoms with E-state index in [0.717, 1.165) is 12.1 Å². The van der Waals surface area contributed by atoms with Crippen LogP contribution in [0.4, 0.5) is 10.5 Å². The lowest BCUT2D eigenvalue weighted by atomic mass is 10.1. The maximum atomic E-state index is 11.9. The first-order chi connectivity index (χ1) is 10.2. The molecule has 0 aliphatic rings. The van der Waals surface area contributed by atoms with Crippen molar-refractivity contribution in [2.24, 2.45) is 0 Å². The van der Waals surface area contributed by atoms with Gasteiger partial charge in [-0.15, -0.1) is 0 Å². The molecule has 0 spiro atoms. The van der Waals surface area contributed by atoms with E-state index in [1.54, 1.807) is 20.8 Å². The summed E-state index contributed by atoms with van der Waals surface area (Å²) < 4.78 is 5.06. The standard InChI is InChI=1S/C17H26N2O3/c1-6-13(18-14-9-7-12(2)8-10-14)11-15(20)19-16(21)22-17(3,4)5/h7-10,13,18H,6,11H2,1-5H3,(H,19,20,21). The first-order valence-electron chi connectivity index (χ1n) is 7.55. The maximum absolute atomic E-state index is 11.9. The number of ether oxygens (including phenoxy) is 1. The zero-order valence-electron chi connectivity index (χ0n) is 14.0. The lowest BCUT2D eigenvalue weighted by molar-refractivity contribution is -0.120. The molecule has 0 heterocycles. The largest absolute Gasteiger partial charge is 0.444 e. The van der Waals surface area contributed by atoms with Gasteiger partial charge in [0.05, 0.1) is 0 Å². The number of aryl methyl sites for hydroxylation is 1. The number of carbonyl (C=O) groups is 2. The Labute approximate surface area is 132 Å². The van der Waals surface area contributed by atoms with Crippen molar-refractivity contribution in [2.45, 2.75) is 59.1 Å². The number of amides is 2. The van der Waals surface area contributed by atoms with Crippen LogP contribution >= 0.6 is 0 Å². The van der Waals surface area contributed by atoms with Crippen molar-refractivity contribution in [1.29, 1.82) is 0 Å². The molecule has 2 N–H and O–H groups in total. The van der Waals surface area contributed by atoms with Gasteiger partial charge in [0.25, 0.3) is 0 Å². The van der Waals surface area contributed by atoms with Crippen molar-refractivity contribution in [1.82, 2.24) is 5.32 Å². The van der Waals surface area contributed by atoms with Crippen molar-refractivity contribution in [3.05, 3.63) is 29.8 Å². The molecule has 0 bridgehead atoms. The molecule has 1 unspecified atom stereocenters. The predicted molar refractivity (Wildman–Crippen MR) is 87.9 cm³/mol. The second-order valence-corrected chi connectivity index (χ2v) is 6.37. The van der Waals surface area contributed by atoms with E-state index >= 15 is 0 Å². The number of alkyl carbamates (subject to hydrolysis) is 1. The van der Waals surface area contributed by atoms with Crippen molar-refractivity contribution >= 4 is 17.7 Å². The molecule has 5 heteroatoms. The summed E-state index contributed by atoms with van der Waals surface area (Å²) in [6.07, 6.45) is 0.280. The SMILES string of the molecule is CCC(CC(=O)NC(=O)OC(C)(C)C)Nc1ccc(C)cc1. The molecular weight excluding hydrogens is 280 g/mol. The number of nitrogens with one attached hydrogen (secondary N) is 2. The predicted octanol–water partition coefficient (Wildman–Crippen LogP) is 3.63. The van der Waals surface area contributed by atoms with E-state index in [9.17, 15) is 9.59 Å². The first kappa shape index (κ1) is 18.0. The van der Waals surface area contributed by atoms with Crippen LogP contribution in [0.2, 0.25) is 0 Å². The highest BCUT2D eigenvalue weighted by Crippen LogP contribution is 2.13. The number of anilines is 1. The monoisotopic (exact) mass is 306 g/mol. The Hall–Kier alpha value is -2.04. The molecule has 5 nitrogen and oxygen atoms in total. The molecule has 1 aromatic rings. The molecule has 0 radical (unpaired) electrons. The van der Waals surface area contributed by atoms with E-state index in [2.05, 4.69) is 10.6 Å². The van der Waals surface area contributed by atoms with Crippen LogP contribution in [0.15, 0.2) is 24.3 Å². The third-order valence-electron chi connectivity index (χ3n) is 2.99. The Morgan fingerprint density at radius 1 is 1.18 bits per heavy atom. The lowest BCUT2D eigenvalue weighted by Crippen LogP contribution is -2.38. The quantitative estimate of drug-likeness (QED) is 0.871. The molecule has 22 heavy (non-hydrogen) atoms.